The molecule has 2 aromatic carbocycles. The van der Waals surface area contributed by atoms with Crippen molar-refractivity contribution >= 4 is 16.8 Å². The predicted octanol–water partition coefficient (Wildman–Crippen LogP) is 2.58. The van der Waals surface area contributed by atoms with Crippen LogP contribution < -0.4 is 20.3 Å². The molecule has 3 rings (SSSR count). The van der Waals surface area contributed by atoms with Crippen molar-refractivity contribution in [3.63, 3.8) is 0 Å². The first kappa shape index (κ1) is 18.5. The van der Waals surface area contributed by atoms with Crippen LogP contribution in [-0.2, 0) is 11.2 Å². The second-order valence-corrected chi connectivity index (χ2v) is 6.25. The summed E-state index contributed by atoms with van der Waals surface area (Å²) >= 11 is 0. The van der Waals surface area contributed by atoms with E-state index in [9.17, 15) is 9.59 Å². The molecular weight excluding hydrogens is 344 g/mol. The number of hydrogen-bond donors (Lipinski definition) is 2. The Balaban J connectivity index is 1.49. The predicted molar refractivity (Wildman–Crippen MR) is 105 cm³/mol. The molecule has 0 bridgehead atoms. The SMILES string of the molecule is COc1ccc(OCCNC(=O)Cc2ccc3[nH]c(=O)c(C)cc3c2)cc1. The summed E-state index contributed by atoms with van der Waals surface area (Å²) < 4.78 is 10.7. The first-order valence-corrected chi connectivity index (χ1v) is 8.71. The van der Waals surface area contributed by atoms with E-state index in [1.807, 2.05) is 48.5 Å². The molecule has 2 N–H and O–H groups in total. The molecule has 0 saturated carbocycles. The average molecular weight is 366 g/mol. The molecule has 0 fully saturated rings. The van der Waals surface area contributed by atoms with Crippen LogP contribution in [0, 0.1) is 6.92 Å². The minimum Gasteiger partial charge on any atom is -0.497 e. The number of amides is 1. The first-order chi connectivity index (χ1) is 13.0. The maximum absolute atomic E-state index is 12.1. The summed E-state index contributed by atoms with van der Waals surface area (Å²) in [5, 5.41) is 3.76. The van der Waals surface area contributed by atoms with E-state index in [0.29, 0.717) is 18.7 Å². The lowest BCUT2D eigenvalue weighted by Gasteiger charge is -2.09. The van der Waals surface area contributed by atoms with Gasteiger partial charge >= 0.3 is 0 Å². The number of methoxy groups -OCH3 is 1. The second kappa shape index (κ2) is 8.40. The molecule has 0 saturated heterocycles. The molecule has 140 valence electrons. The van der Waals surface area contributed by atoms with E-state index in [0.717, 1.165) is 28.0 Å². The highest BCUT2D eigenvalue weighted by molar-refractivity contribution is 5.83. The van der Waals surface area contributed by atoms with Gasteiger partial charge in [-0.1, -0.05) is 6.07 Å². The van der Waals surface area contributed by atoms with Crippen molar-refractivity contribution in [1.29, 1.82) is 0 Å². The number of pyridine rings is 1. The highest BCUT2D eigenvalue weighted by Crippen LogP contribution is 2.17. The molecule has 1 aromatic heterocycles. The van der Waals surface area contributed by atoms with Crippen molar-refractivity contribution < 1.29 is 14.3 Å². The number of aromatic amines is 1. The van der Waals surface area contributed by atoms with Gasteiger partial charge in [-0.25, -0.2) is 0 Å². The summed E-state index contributed by atoms with van der Waals surface area (Å²) in [7, 11) is 1.61. The van der Waals surface area contributed by atoms with Crippen LogP contribution in [0.1, 0.15) is 11.1 Å². The summed E-state index contributed by atoms with van der Waals surface area (Å²) in [6, 6.07) is 14.7. The standard InChI is InChI=1S/C21H22N2O4/c1-14-11-16-12-15(3-8-19(16)23-21(14)25)13-20(24)22-9-10-27-18-6-4-17(26-2)5-7-18/h3-8,11-12H,9-10,13H2,1-2H3,(H,22,24)(H,23,25). The topological polar surface area (TPSA) is 80.4 Å². The van der Waals surface area contributed by atoms with Gasteiger partial charge in [0.15, 0.2) is 0 Å². The fourth-order valence-electron chi connectivity index (χ4n) is 2.75. The van der Waals surface area contributed by atoms with Crippen LogP contribution in [0.4, 0.5) is 0 Å². The van der Waals surface area contributed by atoms with Crippen molar-refractivity contribution in [3.8, 4) is 11.5 Å². The molecule has 0 aliphatic carbocycles. The van der Waals surface area contributed by atoms with E-state index in [-0.39, 0.29) is 17.9 Å². The molecule has 1 amide bonds. The molecule has 0 aliphatic heterocycles. The number of carbonyl (C=O) groups is 1. The van der Waals surface area contributed by atoms with Gasteiger partial charge in [-0.3, -0.25) is 9.59 Å². The van der Waals surface area contributed by atoms with Crippen LogP contribution in [0.2, 0.25) is 0 Å². The van der Waals surface area contributed by atoms with Gasteiger partial charge in [-0.05, 0) is 60.3 Å². The second-order valence-electron chi connectivity index (χ2n) is 6.25. The Morgan fingerprint density at radius 3 is 2.56 bits per heavy atom. The zero-order valence-corrected chi connectivity index (χ0v) is 15.4. The van der Waals surface area contributed by atoms with Crippen LogP contribution in [0.25, 0.3) is 10.9 Å². The number of ether oxygens (including phenoxy) is 2. The van der Waals surface area contributed by atoms with Gasteiger partial charge in [-0.15, -0.1) is 0 Å². The van der Waals surface area contributed by atoms with Crippen molar-refractivity contribution in [2.24, 2.45) is 0 Å². The van der Waals surface area contributed by atoms with Gasteiger partial charge in [-0.2, -0.15) is 0 Å². The Morgan fingerprint density at radius 2 is 1.81 bits per heavy atom. The van der Waals surface area contributed by atoms with E-state index in [1.54, 1.807) is 14.0 Å². The van der Waals surface area contributed by atoms with E-state index >= 15 is 0 Å². The molecule has 3 aromatic rings. The lowest BCUT2D eigenvalue weighted by molar-refractivity contribution is -0.120. The largest absolute Gasteiger partial charge is 0.497 e. The lowest BCUT2D eigenvalue weighted by Crippen LogP contribution is -2.29. The summed E-state index contributed by atoms with van der Waals surface area (Å²) in [6.45, 7) is 2.57. The molecule has 27 heavy (non-hydrogen) atoms. The third kappa shape index (κ3) is 4.88. The number of nitrogens with one attached hydrogen (secondary N) is 2. The number of benzene rings is 2. The molecule has 6 nitrogen and oxygen atoms in total. The van der Waals surface area contributed by atoms with Crippen LogP contribution in [0.3, 0.4) is 0 Å². The van der Waals surface area contributed by atoms with Crippen LogP contribution in [0.5, 0.6) is 11.5 Å². The van der Waals surface area contributed by atoms with Crippen molar-refractivity contribution in [1.82, 2.24) is 10.3 Å². The molecule has 1 heterocycles. The zero-order valence-electron chi connectivity index (χ0n) is 15.4. The number of aromatic nitrogens is 1. The van der Waals surface area contributed by atoms with E-state index in [4.69, 9.17) is 9.47 Å². The summed E-state index contributed by atoms with van der Waals surface area (Å²) in [6.07, 6.45) is 0.274. The Morgan fingerprint density at radius 1 is 1.07 bits per heavy atom. The van der Waals surface area contributed by atoms with E-state index < -0.39 is 0 Å². The number of hydrogen-bond acceptors (Lipinski definition) is 4. The number of H-pyrrole nitrogens is 1. The van der Waals surface area contributed by atoms with Crippen molar-refractivity contribution in [2.75, 3.05) is 20.3 Å². The molecule has 0 radical (unpaired) electrons. The highest BCUT2D eigenvalue weighted by atomic mass is 16.5. The summed E-state index contributed by atoms with van der Waals surface area (Å²) in [5.74, 6) is 1.42. The summed E-state index contributed by atoms with van der Waals surface area (Å²) in [5.41, 5.74) is 2.22. The Kier molecular flexibility index (Phi) is 5.76. The quantitative estimate of drug-likeness (QED) is 0.630. The van der Waals surface area contributed by atoms with Gasteiger partial charge in [0.2, 0.25) is 5.91 Å². The third-order valence-electron chi connectivity index (χ3n) is 4.21. The zero-order chi connectivity index (χ0) is 19.2. The van der Waals surface area contributed by atoms with Crippen molar-refractivity contribution in [2.45, 2.75) is 13.3 Å². The number of aryl methyl sites for hydroxylation is 1. The first-order valence-electron chi connectivity index (χ1n) is 8.71. The highest BCUT2D eigenvalue weighted by Gasteiger charge is 2.06. The van der Waals surface area contributed by atoms with Gasteiger partial charge < -0.3 is 19.8 Å². The minimum atomic E-state index is -0.0927. The van der Waals surface area contributed by atoms with E-state index in [1.165, 1.54) is 0 Å². The molecule has 0 atom stereocenters. The minimum absolute atomic E-state index is 0.0752. The monoisotopic (exact) mass is 366 g/mol. The van der Waals surface area contributed by atoms with Gasteiger partial charge in [0.1, 0.15) is 18.1 Å². The Hall–Kier alpha value is -3.28. The van der Waals surface area contributed by atoms with E-state index in [2.05, 4.69) is 10.3 Å². The van der Waals surface area contributed by atoms with Crippen molar-refractivity contribution in [3.05, 3.63) is 70.0 Å². The van der Waals surface area contributed by atoms with Crippen LogP contribution in [-0.4, -0.2) is 31.2 Å². The maximum atomic E-state index is 12.1. The van der Waals surface area contributed by atoms with Gasteiger partial charge in [0.05, 0.1) is 20.1 Å². The average Bonchev–Trinajstić information content (AvgIpc) is 2.67. The van der Waals surface area contributed by atoms with Crippen LogP contribution in [0.15, 0.2) is 53.3 Å². The molecular formula is C21H22N2O4. The number of rotatable bonds is 7. The molecule has 6 heteroatoms. The smallest absolute Gasteiger partial charge is 0.251 e. The van der Waals surface area contributed by atoms with Gasteiger partial charge in [0.25, 0.3) is 5.56 Å². The summed E-state index contributed by atoms with van der Waals surface area (Å²) in [4.78, 5) is 26.6. The lowest BCUT2D eigenvalue weighted by atomic mass is 10.1. The van der Waals surface area contributed by atoms with Crippen LogP contribution >= 0.6 is 0 Å². The molecule has 0 aliphatic rings. The normalized spacial score (nSPS) is 10.6. The Labute approximate surface area is 157 Å². The molecule has 0 spiro atoms. The maximum Gasteiger partial charge on any atom is 0.251 e. The number of carbonyl (C=O) groups excluding carboxylic acids is 1. The molecule has 0 unspecified atom stereocenters. The fraction of sp³-hybridized carbons (Fsp3) is 0.238. The third-order valence-corrected chi connectivity index (χ3v) is 4.21. The van der Waals surface area contributed by atoms with Gasteiger partial charge in [0, 0.05) is 11.1 Å². The Bertz CT molecular complexity index is 993. The number of fused-ring (bicyclic) bond motifs is 1. The fourth-order valence-corrected chi connectivity index (χ4v) is 2.75.